The number of alkyl halides is 2. The zero-order valence-electron chi connectivity index (χ0n) is 9.55. The van der Waals surface area contributed by atoms with Crippen LogP contribution in [0.1, 0.15) is 11.5 Å². The number of nitrogens with zero attached hydrogens (tertiary/aromatic N) is 3. The van der Waals surface area contributed by atoms with Crippen molar-refractivity contribution in [2.45, 2.75) is 25.9 Å². The Bertz CT molecular complexity index is 531. The van der Waals surface area contributed by atoms with E-state index in [2.05, 4.69) is 15.1 Å². The van der Waals surface area contributed by atoms with Gasteiger partial charge in [-0.3, -0.25) is 4.98 Å². The summed E-state index contributed by atoms with van der Waals surface area (Å²) in [6.07, 6.45) is -1.78. The molecular formula is C11H11F2N3O2. The van der Waals surface area contributed by atoms with Gasteiger partial charge in [-0.15, -0.1) is 0 Å². The number of aryl methyl sites for hydroxylation is 1. The van der Waals surface area contributed by atoms with E-state index in [0.717, 1.165) is 5.56 Å². The Balaban J connectivity index is 2.18. The molecule has 1 N–H and O–H groups in total. The Kier molecular flexibility index (Phi) is 3.61. The summed E-state index contributed by atoms with van der Waals surface area (Å²) < 4.78 is 29.1. The average molecular weight is 255 g/mol. The summed E-state index contributed by atoms with van der Waals surface area (Å²) in [5, 5.41) is 12.7. The van der Waals surface area contributed by atoms with Crippen molar-refractivity contribution < 1.29 is 18.4 Å². The lowest BCUT2D eigenvalue weighted by Crippen LogP contribution is -2.20. The smallest absolute Gasteiger partial charge is 0.264 e. The molecule has 1 unspecified atom stereocenters. The SMILES string of the molecule is Cc1cnccc1-c1noc(CC(O)C(F)F)n1. The van der Waals surface area contributed by atoms with Crippen LogP contribution in [-0.4, -0.2) is 32.8 Å². The molecule has 0 fully saturated rings. The molecule has 0 saturated carbocycles. The van der Waals surface area contributed by atoms with Gasteiger partial charge in [-0.25, -0.2) is 8.78 Å². The van der Waals surface area contributed by atoms with Crippen molar-refractivity contribution in [3.05, 3.63) is 29.9 Å². The van der Waals surface area contributed by atoms with E-state index in [0.29, 0.717) is 11.4 Å². The van der Waals surface area contributed by atoms with Gasteiger partial charge in [0, 0.05) is 18.0 Å². The number of rotatable bonds is 4. The van der Waals surface area contributed by atoms with E-state index in [1.165, 1.54) is 0 Å². The zero-order valence-corrected chi connectivity index (χ0v) is 9.55. The highest BCUT2D eigenvalue weighted by Crippen LogP contribution is 2.19. The van der Waals surface area contributed by atoms with E-state index in [9.17, 15) is 8.78 Å². The maximum atomic E-state index is 12.2. The van der Waals surface area contributed by atoms with Crippen molar-refractivity contribution in [2.75, 3.05) is 0 Å². The highest BCUT2D eigenvalue weighted by atomic mass is 19.3. The third-order valence-corrected chi connectivity index (χ3v) is 2.40. The van der Waals surface area contributed by atoms with Crippen LogP contribution >= 0.6 is 0 Å². The normalized spacial score (nSPS) is 12.9. The fraction of sp³-hybridized carbons (Fsp3) is 0.364. The lowest BCUT2D eigenvalue weighted by atomic mass is 10.1. The maximum absolute atomic E-state index is 12.2. The molecular weight excluding hydrogens is 244 g/mol. The van der Waals surface area contributed by atoms with Crippen molar-refractivity contribution in [1.29, 1.82) is 0 Å². The molecule has 0 aromatic carbocycles. The fourth-order valence-corrected chi connectivity index (χ4v) is 1.44. The molecule has 18 heavy (non-hydrogen) atoms. The van der Waals surface area contributed by atoms with Crippen LogP contribution in [0.15, 0.2) is 23.0 Å². The van der Waals surface area contributed by atoms with Crippen LogP contribution in [-0.2, 0) is 6.42 Å². The number of aromatic nitrogens is 3. The third kappa shape index (κ3) is 2.67. The van der Waals surface area contributed by atoms with Gasteiger partial charge in [-0.2, -0.15) is 4.98 Å². The predicted molar refractivity (Wildman–Crippen MR) is 58.0 cm³/mol. The lowest BCUT2D eigenvalue weighted by molar-refractivity contribution is -0.00754. The minimum atomic E-state index is -2.83. The fourth-order valence-electron chi connectivity index (χ4n) is 1.44. The molecule has 0 saturated heterocycles. The second-order valence-corrected chi connectivity index (χ2v) is 3.81. The topological polar surface area (TPSA) is 72.0 Å². The summed E-state index contributed by atoms with van der Waals surface area (Å²) >= 11 is 0. The molecule has 0 amide bonds. The van der Waals surface area contributed by atoms with E-state index in [1.807, 2.05) is 6.92 Å². The third-order valence-electron chi connectivity index (χ3n) is 2.40. The monoisotopic (exact) mass is 255 g/mol. The standard InChI is InChI=1S/C11H11F2N3O2/c1-6-5-14-3-2-7(6)11-15-9(18-16-11)4-8(17)10(12)13/h2-3,5,8,10,17H,4H2,1H3. The molecule has 0 aliphatic heterocycles. The van der Waals surface area contributed by atoms with E-state index >= 15 is 0 Å². The molecule has 5 nitrogen and oxygen atoms in total. The summed E-state index contributed by atoms with van der Waals surface area (Å²) in [5.74, 6) is 0.278. The van der Waals surface area contributed by atoms with E-state index in [1.54, 1.807) is 18.5 Å². The number of aliphatic hydroxyl groups is 1. The van der Waals surface area contributed by atoms with Crippen molar-refractivity contribution in [1.82, 2.24) is 15.1 Å². The van der Waals surface area contributed by atoms with Gasteiger partial charge < -0.3 is 9.63 Å². The first-order valence-electron chi connectivity index (χ1n) is 5.27. The van der Waals surface area contributed by atoms with Crippen molar-refractivity contribution in [2.24, 2.45) is 0 Å². The van der Waals surface area contributed by atoms with E-state index < -0.39 is 12.5 Å². The second kappa shape index (κ2) is 5.18. The quantitative estimate of drug-likeness (QED) is 0.898. The highest BCUT2D eigenvalue weighted by Gasteiger charge is 2.21. The largest absolute Gasteiger partial charge is 0.387 e. The van der Waals surface area contributed by atoms with Crippen molar-refractivity contribution in [3.8, 4) is 11.4 Å². The van der Waals surface area contributed by atoms with Gasteiger partial charge in [0.15, 0.2) is 0 Å². The molecule has 7 heteroatoms. The van der Waals surface area contributed by atoms with Crippen LogP contribution < -0.4 is 0 Å². The molecule has 2 rings (SSSR count). The van der Waals surface area contributed by atoms with Gasteiger partial charge >= 0.3 is 0 Å². The summed E-state index contributed by atoms with van der Waals surface area (Å²) in [6, 6.07) is 1.70. The summed E-state index contributed by atoms with van der Waals surface area (Å²) in [7, 11) is 0. The summed E-state index contributed by atoms with van der Waals surface area (Å²) in [4.78, 5) is 7.89. The van der Waals surface area contributed by atoms with E-state index in [-0.39, 0.29) is 12.3 Å². The van der Waals surface area contributed by atoms with Crippen molar-refractivity contribution in [3.63, 3.8) is 0 Å². The summed E-state index contributed by atoms with van der Waals surface area (Å²) in [6.45, 7) is 1.83. The Labute approximate surface area is 101 Å². The van der Waals surface area contributed by atoms with Crippen LogP contribution in [0.4, 0.5) is 8.78 Å². The number of pyridine rings is 1. The van der Waals surface area contributed by atoms with E-state index in [4.69, 9.17) is 9.63 Å². The van der Waals surface area contributed by atoms with Gasteiger partial charge in [-0.05, 0) is 18.6 Å². The Hall–Kier alpha value is -1.89. The molecule has 0 aliphatic carbocycles. The Morgan fingerprint density at radius 1 is 1.44 bits per heavy atom. The van der Waals surface area contributed by atoms with Gasteiger partial charge in [0.1, 0.15) is 6.10 Å². The van der Waals surface area contributed by atoms with Gasteiger partial charge in [0.2, 0.25) is 11.7 Å². The predicted octanol–water partition coefficient (Wildman–Crippen LogP) is 1.61. The van der Waals surface area contributed by atoms with Crippen LogP contribution in [0.2, 0.25) is 0 Å². The molecule has 0 spiro atoms. The Morgan fingerprint density at radius 2 is 2.22 bits per heavy atom. The minimum Gasteiger partial charge on any atom is -0.387 e. The number of hydrogen-bond acceptors (Lipinski definition) is 5. The molecule has 96 valence electrons. The molecule has 0 radical (unpaired) electrons. The lowest BCUT2D eigenvalue weighted by Gasteiger charge is -2.04. The minimum absolute atomic E-state index is 0.0194. The summed E-state index contributed by atoms with van der Waals surface area (Å²) in [5.41, 5.74) is 1.56. The van der Waals surface area contributed by atoms with Gasteiger partial charge in [0.25, 0.3) is 6.43 Å². The zero-order chi connectivity index (χ0) is 13.1. The number of aliphatic hydroxyl groups excluding tert-OH is 1. The molecule has 2 heterocycles. The van der Waals surface area contributed by atoms with Crippen molar-refractivity contribution >= 4 is 0 Å². The number of halogens is 2. The first kappa shape index (κ1) is 12.6. The molecule has 0 aliphatic rings. The molecule has 1 atom stereocenters. The van der Waals surface area contributed by atoms with Crippen LogP contribution in [0.25, 0.3) is 11.4 Å². The van der Waals surface area contributed by atoms with Crippen LogP contribution in [0.5, 0.6) is 0 Å². The first-order chi connectivity index (χ1) is 8.58. The average Bonchev–Trinajstić information content (AvgIpc) is 2.77. The van der Waals surface area contributed by atoms with Gasteiger partial charge in [-0.1, -0.05) is 5.16 Å². The molecule has 0 bridgehead atoms. The van der Waals surface area contributed by atoms with Gasteiger partial charge in [0.05, 0.1) is 6.42 Å². The van der Waals surface area contributed by atoms with Crippen LogP contribution in [0, 0.1) is 6.92 Å². The second-order valence-electron chi connectivity index (χ2n) is 3.81. The highest BCUT2D eigenvalue weighted by molar-refractivity contribution is 5.57. The van der Waals surface area contributed by atoms with Crippen LogP contribution in [0.3, 0.4) is 0 Å². The first-order valence-corrected chi connectivity index (χ1v) is 5.27. The maximum Gasteiger partial charge on any atom is 0.264 e. The number of hydrogen-bond donors (Lipinski definition) is 1. The molecule has 2 aromatic rings. The Morgan fingerprint density at radius 3 is 2.89 bits per heavy atom. The molecule has 2 aromatic heterocycles.